The minimum Gasteiger partial charge on any atom is -0.495 e. The Morgan fingerprint density at radius 2 is 1.88 bits per heavy atom. The molecule has 1 aliphatic rings. The van der Waals surface area contributed by atoms with Gasteiger partial charge in [-0.3, -0.25) is 9.59 Å². The van der Waals surface area contributed by atoms with Gasteiger partial charge in [-0.25, -0.2) is 8.42 Å². The second-order valence-electron chi connectivity index (χ2n) is 7.36. The lowest BCUT2D eigenvalue weighted by atomic mass is 10.1. The molecule has 0 spiro atoms. The number of nitrogens with one attached hydrogen (secondary N) is 2. The van der Waals surface area contributed by atoms with Crippen LogP contribution < -0.4 is 24.8 Å². The molecule has 1 atom stereocenters. The van der Waals surface area contributed by atoms with Crippen LogP contribution in [0.2, 0.25) is 5.02 Å². The van der Waals surface area contributed by atoms with Crippen molar-refractivity contribution in [1.29, 1.82) is 0 Å². The average Bonchev–Trinajstić information content (AvgIpc) is 2.74. The molecule has 0 saturated heterocycles. The van der Waals surface area contributed by atoms with Gasteiger partial charge >= 0.3 is 0 Å². The summed E-state index contributed by atoms with van der Waals surface area (Å²) in [6, 6.07) is 5.82. The molecule has 0 saturated carbocycles. The molecule has 0 radical (unpaired) electrons. The van der Waals surface area contributed by atoms with E-state index < -0.39 is 28.6 Å². The highest BCUT2D eigenvalue weighted by Crippen LogP contribution is 2.37. The molecule has 2 N–H and O–H groups in total. The molecule has 178 valence electrons. The van der Waals surface area contributed by atoms with Crippen molar-refractivity contribution in [1.82, 2.24) is 4.31 Å². The van der Waals surface area contributed by atoms with E-state index >= 15 is 0 Å². The summed E-state index contributed by atoms with van der Waals surface area (Å²) in [6.45, 7) is 2.68. The third kappa shape index (κ3) is 5.00. The lowest BCUT2D eigenvalue weighted by molar-refractivity contribution is -0.122. The SMILES string of the molecule is COc1cc(OC)c(NC(=O)CN(C)S(=O)(=O)c2cc3c(cc2C)NC(=O)[C@@H](C)O3)cc1Cl. The molecule has 0 aromatic heterocycles. The lowest BCUT2D eigenvalue weighted by Crippen LogP contribution is -2.36. The Kier molecular flexibility index (Phi) is 7.06. The van der Waals surface area contributed by atoms with Crippen molar-refractivity contribution in [2.45, 2.75) is 24.8 Å². The van der Waals surface area contributed by atoms with E-state index in [0.29, 0.717) is 22.7 Å². The van der Waals surface area contributed by atoms with Crippen LogP contribution in [0.3, 0.4) is 0 Å². The molecular weight excluding hydrogens is 474 g/mol. The van der Waals surface area contributed by atoms with Gasteiger partial charge in [0.15, 0.2) is 6.10 Å². The summed E-state index contributed by atoms with van der Waals surface area (Å²) < 4.78 is 43.1. The molecule has 0 unspecified atom stereocenters. The van der Waals surface area contributed by atoms with E-state index in [4.69, 9.17) is 25.8 Å². The number of amides is 2. The number of ether oxygens (including phenoxy) is 3. The lowest BCUT2D eigenvalue weighted by Gasteiger charge is -2.25. The fourth-order valence-electron chi connectivity index (χ4n) is 3.22. The number of likely N-dealkylation sites (N-methyl/N-ethyl adjacent to an activating group) is 1. The molecule has 0 bridgehead atoms. The van der Waals surface area contributed by atoms with Gasteiger partial charge in [-0.05, 0) is 31.5 Å². The summed E-state index contributed by atoms with van der Waals surface area (Å²) in [5.41, 5.74) is 1.05. The molecule has 2 amide bonds. The summed E-state index contributed by atoms with van der Waals surface area (Å²) in [5, 5.41) is 5.52. The molecule has 2 aromatic rings. The predicted molar refractivity (Wildman–Crippen MR) is 123 cm³/mol. The topological polar surface area (TPSA) is 123 Å². The minimum atomic E-state index is -4.05. The van der Waals surface area contributed by atoms with Crippen molar-refractivity contribution in [3.8, 4) is 17.2 Å². The smallest absolute Gasteiger partial charge is 0.265 e. The van der Waals surface area contributed by atoms with Crippen LogP contribution in [-0.2, 0) is 19.6 Å². The summed E-state index contributed by atoms with van der Waals surface area (Å²) in [5.74, 6) is -0.0220. The monoisotopic (exact) mass is 497 g/mol. The quantitative estimate of drug-likeness (QED) is 0.602. The summed E-state index contributed by atoms with van der Waals surface area (Å²) in [4.78, 5) is 24.4. The van der Waals surface area contributed by atoms with Gasteiger partial charge in [0, 0.05) is 19.2 Å². The van der Waals surface area contributed by atoms with Crippen LogP contribution in [0.15, 0.2) is 29.2 Å². The number of benzene rings is 2. The number of hydrogen-bond donors (Lipinski definition) is 2. The Balaban J connectivity index is 1.81. The van der Waals surface area contributed by atoms with E-state index in [1.54, 1.807) is 13.8 Å². The summed E-state index contributed by atoms with van der Waals surface area (Å²) in [6.07, 6.45) is -0.759. The first-order valence-electron chi connectivity index (χ1n) is 9.77. The van der Waals surface area contributed by atoms with Crippen LogP contribution in [0.5, 0.6) is 17.2 Å². The van der Waals surface area contributed by atoms with Gasteiger partial charge in [-0.1, -0.05) is 11.6 Å². The zero-order valence-corrected chi connectivity index (χ0v) is 20.3. The first-order chi connectivity index (χ1) is 15.5. The Labute approximate surface area is 196 Å². The van der Waals surface area contributed by atoms with Crippen LogP contribution in [0, 0.1) is 6.92 Å². The van der Waals surface area contributed by atoms with Crippen LogP contribution in [0.25, 0.3) is 0 Å². The Hall–Kier alpha value is -3.02. The highest BCUT2D eigenvalue weighted by Gasteiger charge is 2.30. The van der Waals surface area contributed by atoms with Gasteiger partial charge in [0.2, 0.25) is 15.9 Å². The van der Waals surface area contributed by atoms with E-state index in [1.807, 2.05) is 0 Å². The summed E-state index contributed by atoms with van der Waals surface area (Å²) >= 11 is 6.12. The molecular formula is C21H24ClN3O7S. The Bertz CT molecular complexity index is 1220. The van der Waals surface area contributed by atoms with E-state index in [1.165, 1.54) is 45.5 Å². The fraction of sp³-hybridized carbons (Fsp3) is 0.333. The normalized spacial score (nSPS) is 15.4. The molecule has 3 rings (SSSR count). The van der Waals surface area contributed by atoms with Crippen LogP contribution >= 0.6 is 11.6 Å². The minimum absolute atomic E-state index is 0.0371. The third-order valence-electron chi connectivity index (χ3n) is 5.01. The van der Waals surface area contributed by atoms with Crippen molar-refractivity contribution in [2.75, 3.05) is 38.4 Å². The second kappa shape index (κ2) is 9.46. The van der Waals surface area contributed by atoms with E-state index in [9.17, 15) is 18.0 Å². The van der Waals surface area contributed by atoms with Crippen molar-refractivity contribution in [3.63, 3.8) is 0 Å². The molecule has 10 nitrogen and oxygen atoms in total. The first kappa shape index (κ1) is 24.6. The molecule has 1 aliphatic heterocycles. The van der Waals surface area contributed by atoms with E-state index in [-0.39, 0.29) is 27.3 Å². The zero-order chi connectivity index (χ0) is 24.5. The maximum atomic E-state index is 13.2. The first-order valence-corrected chi connectivity index (χ1v) is 11.6. The number of nitrogens with zero attached hydrogens (tertiary/aromatic N) is 1. The molecule has 0 fully saturated rings. The number of carbonyl (C=O) groups excluding carboxylic acids is 2. The van der Waals surface area contributed by atoms with E-state index in [0.717, 1.165) is 4.31 Å². The van der Waals surface area contributed by atoms with Crippen LogP contribution in [-0.4, -0.2) is 58.5 Å². The average molecular weight is 498 g/mol. The van der Waals surface area contributed by atoms with Gasteiger partial charge in [0.1, 0.15) is 17.2 Å². The van der Waals surface area contributed by atoms with Crippen LogP contribution in [0.1, 0.15) is 12.5 Å². The Morgan fingerprint density at radius 1 is 1.21 bits per heavy atom. The molecule has 2 aromatic carbocycles. The number of hydrogen-bond acceptors (Lipinski definition) is 7. The number of aryl methyl sites for hydroxylation is 1. The van der Waals surface area contributed by atoms with E-state index in [2.05, 4.69) is 10.6 Å². The van der Waals surface area contributed by atoms with Gasteiger partial charge < -0.3 is 24.8 Å². The number of rotatable bonds is 7. The van der Waals surface area contributed by atoms with Crippen LogP contribution in [0.4, 0.5) is 11.4 Å². The number of methoxy groups -OCH3 is 2. The van der Waals surface area contributed by atoms with Gasteiger partial charge in [0.25, 0.3) is 5.91 Å². The maximum absolute atomic E-state index is 13.2. The zero-order valence-electron chi connectivity index (χ0n) is 18.7. The van der Waals surface area contributed by atoms with Crippen molar-refractivity contribution in [2.24, 2.45) is 0 Å². The number of anilines is 2. The summed E-state index contributed by atoms with van der Waals surface area (Å²) in [7, 11) is 0.0967. The molecule has 0 aliphatic carbocycles. The largest absolute Gasteiger partial charge is 0.495 e. The standard InChI is InChI=1S/C21H24ClN3O7S/c1-11-6-14-18(32-12(2)21(27)24-14)9-19(11)33(28,29)25(3)10-20(26)23-15-7-13(22)16(30-4)8-17(15)31-5/h6-9,12H,10H2,1-5H3,(H,23,26)(H,24,27)/t12-/m1/s1. The highest BCUT2D eigenvalue weighted by molar-refractivity contribution is 7.89. The van der Waals surface area contributed by atoms with Crippen molar-refractivity contribution >= 4 is 44.8 Å². The van der Waals surface area contributed by atoms with Gasteiger partial charge in [0.05, 0.1) is 42.1 Å². The second-order valence-corrected chi connectivity index (χ2v) is 9.78. The predicted octanol–water partition coefficient (Wildman–Crippen LogP) is 2.64. The molecule has 12 heteroatoms. The number of fused-ring (bicyclic) bond motifs is 1. The molecule has 33 heavy (non-hydrogen) atoms. The third-order valence-corrected chi connectivity index (χ3v) is 7.25. The number of halogens is 1. The van der Waals surface area contributed by atoms with Crippen molar-refractivity contribution < 1.29 is 32.2 Å². The maximum Gasteiger partial charge on any atom is 0.265 e. The van der Waals surface area contributed by atoms with Crippen molar-refractivity contribution in [3.05, 3.63) is 34.9 Å². The Morgan fingerprint density at radius 3 is 2.52 bits per heavy atom. The van der Waals surface area contributed by atoms with Gasteiger partial charge in [-0.15, -0.1) is 0 Å². The highest BCUT2D eigenvalue weighted by atomic mass is 35.5. The fourth-order valence-corrected chi connectivity index (χ4v) is 4.81. The molecule has 1 heterocycles. The number of sulfonamides is 1. The number of carbonyl (C=O) groups is 2. The van der Waals surface area contributed by atoms with Gasteiger partial charge in [-0.2, -0.15) is 4.31 Å².